The molecule has 61 heavy (non-hydrogen) atoms. The number of nitrogens with two attached hydrogens (primary N) is 2. The number of hydrazine groups is 1. The molecule has 14 heteroatoms. The summed E-state index contributed by atoms with van der Waals surface area (Å²) >= 11 is 0. The summed E-state index contributed by atoms with van der Waals surface area (Å²) in [5.74, 6) is 2.89. The molecule has 0 radical (unpaired) electrons. The van der Waals surface area contributed by atoms with Crippen molar-refractivity contribution in [2.75, 3.05) is 26.2 Å². The quantitative estimate of drug-likeness (QED) is 0.0780. The van der Waals surface area contributed by atoms with Gasteiger partial charge in [-0.15, -0.1) is 0 Å². The number of fused-ring (bicyclic) bond motifs is 3. The molecule has 0 saturated carbocycles. The predicted octanol–water partition coefficient (Wildman–Crippen LogP) is 4.76. The average Bonchev–Trinajstić information content (AvgIpc) is 3.23. The van der Waals surface area contributed by atoms with Crippen LogP contribution in [-0.4, -0.2) is 66.5 Å². The molecule has 336 valence electrons. The van der Waals surface area contributed by atoms with Crippen LogP contribution in [0.1, 0.15) is 137 Å². The normalized spacial score (nSPS) is 13.9. The lowest BCUT2D eigenvalue weighted by Crippen LogP contribution is -2.43. The monoisotopic (exact) mass is 845 g/mol. The summed E-state index contributed by atoms with van der Waals surface area (Å²) in [6.07, 6.45) is 0.545. The number of carbonyl (C=O) groups excluding carboxylic acids is 5. The van der Waals surface area contributed by atoms with Crippen LogP contribution < -0.4 is 38.4 Å². The zero-order valence-corrected chi connectivity index (χ0v) is 39.5. The van der Waals surface area contributed by atoms with Crippen molar-refractivity contribution in [2.45, 2.75) is 130 Å². The van der Waals surface area contributed by atoms with E-state index in [9.17, 15) is 24.0 Å². The number of nitrogens with one attached hydrogen (secondary N) is 5. The Balaban J connectivity index is 0.000000413. The minimum absolute atomic E-state index is 0.0980. The standard InChI is InChI=1S/C15H21N3O.C13H13NO3.C13H17NO.C2H8N2.C2H7N.C2H6O/c1-6-17-18-14-13-11(5)9(3)8(2)10(4)12(13)7-16-15(14)19;1-5-6(2)8(4)10-9(7(5)3)11(15)13(17)14-12(10)16;1-7-8(2)10(4)12-6-14-13(15)5-11(12)9(7)3;1-2-4-3;2*1-2-3/h17H,6-7H2,1-5H3,(H,16,19);1-4H3,(H,14,16,17);5-6H2,1-4H3,(H,14,15);4H,2-3H2,1H3;2-3H2,1H3;3H,2H2,1H3/b18-14-;;;;;. The zero-order chi connectivity index (χ0) is 47.0. The molecule has 3 aliphatic rings. The lowest BCUT2D eigenvalue weighted by Gasteiger charge is -2.25. The van der Waals surface area contributed by atoms with Crippen molar-refractivity contribution in [2.24, 2.45) is 16.7 Å². The van der Waals surface area contributed by atoms with Gasteiger partial charge in [-0.25, -0.2) is 0 Å². The van der Waals surface area contributed by atoms with Gasteiger partial charge in [0.1, 0.15) is 0 Å². The van der Waals surface area contributed by atoms with E-state index < -0.39 is 17.6 Å². The van der Waals surface area contributed by atoms with E-state index in [1.54, 1.807) is 20.8 Å². The van der Waals surface area contributed by atoms with Crippen molar-refractivity contribution in [3.8, 4) is 0 Å². The number of ketones is 1. The molecule has 0 bridgehead atoms. The van der Waals surface area contributed by atoms with Crippen molar-refractivity contribution in [1.29, 1.82) is 0 Å². The Kier molecular flexibility index (Phi) is 21.9. The molecule has 6 rings (SSSR count). The number of aliphatic hydroxyl groups is 1. The van der Waals surface area contributed by atoms with Crippen molar-refractivity contribution < 1.29 is 29.1 Å². The number of hydrogen-bond acceptors (Lipinski definition) is 11. The lowest BCUT2D eigenvalue weighted by molar-refractivity contribution is -0.121. The van der Waals surface area contributed by atoms with E-state index in [0.29, 0.717) is 37.3 Å². The Hall–Kier alpha value is -5.28. The second-order valence-electron chi connectivity index (χ2n) is 15.1. The third-order valence-corrected chi connectivity index (χ3v) is 11.6. The molecule has 3 aliphatic heterocycles. The third-order valence-electron chi connectivity index (χ3n) is 11.6. The van der Waals surface area contributed by atoms with Gasteiger partial charge in [-0.05, 0) is 187 Å². The summed E-state index contributed by atoms with van der Waals surface area (Å²) in [7, 11) is 0. The number of rotatable bonds is 3. The molecule has 0 unspecified atom stereocenters. The van der Waals surface area contributed by atoms with Gasteiger partial charge in [-0.3, -0.25) is 40.6 Å². The maximum atomic E-state index is 12.0. The van der Waals surface area contributed by atoms with Crippen molar-refractivity contribution in [1.82, 2.24) is 26.8 Å². The third kappa shape index (κ3) is 12.6. The summed E-state index contributed by atoms with van der Waals surface area (Å²) in [4.78, 5) is 58.4. The first-order chi connectivity index (χ1) is 28.6. The predicted molar refractivity (Wildman–Crippen MR) is 246 cm³/mol. The SMILES string of the molecule is CCN.CCN/N=C1\C(=O)NCc2c(C)c(C)c(C)c(C)c21.CCNN.CCO.Cc1c(C)c(C)c2c(c1C)C(=O)NC(=O)C2=O.Cc1c(C)c(C)c2c(c1C)CNC(=O)C2. The Morgan fingerprint density at radius 3 is 1.39 bits per heavy atom. The fourth-order valence-corrected chi connectivity index (χ4v) is 7.13. The first-order valence-electron chi connectivity index (χ1n) is 20.9. The molecule has 10 N–H and O–H groups in total. The fraction of sp³-hybridized carbons (Fsp3) is 0.489. The second kappa shape index (κ2) is 24.8. The molecule has 3 aromatic carbocycles. The first-order valence-corrected chi connectivity index (χ1v) is 20.9. The van der Waals surface area contributed by atoms with E-state index in [4.69, 9.17) is 16.7 Å². The first kappa shape index (κ1) is 53.7. The molecule has 0 fully saturated rings. The summed E-state index contributed by atoms with van der Waals surface area (Å²) in [5.41, 5.74) is 29.8. The molecule has 3 heterocycles. The number of hydrogen-bond donors (Lipinski definition) is 8. The highest BCUT2D eigenvalue weighted by Crippen LogP contribution is 2.31. The van der Waals surface area contributed by atoms with Gasteiger partial charge in [-0.2, -0.15) is 5.10 Å². The van der Waals surface area contributed by atoms with Crippen molar-refractivity contribution >= 4 is 35.1 Å². The smallest absolute Gasteiger partial charge is 0.299 e. The summed E-state index contributed by atoms with van der Waals surface area (Å²) in [6.45, 7) is 35.7. The Morgan fingerprint density at radius 1 is 0.541 bits per heavy atom. The molecule has 0 spiro atoms. The van der Waals surface area contributed by atoms with Gasteiger partial charge in [0.15, 0.2) is 5.71 Å². The Bertz CT molecular complexity index is 2150. The number of imide groups is 1. The van der Waals surface area contributed by atoms with Crippen LogP contribution in [0.3, 0.4) is 0 Å². The highest BCUT2D eigenvalue weighted by Gasteiger charge is 2.34. The van der Waals surface area contributed by atoms with Gasteiger partial charge in [0.25, 0.3) is 23.5 Å². The Labute approximate surface area is 363 Å². The van der Waals surface area contributed by atoms with E-state index in [0.717, 1.165) is 46.5 Å². The van der Waals surface area contributed by atoms with E-state index in [1.807, 2.05) is 34.6 Å². The van der Waals surface area contributed by atoms with Gasteiger partial charge >= 0.3 is 0 Å². The van der Waals surface area contributed by atoms with E-state index in [2.05, 4.69) is 87.3 Å². The summed E-state index contributed by atoms with van der Waals surface area (Å²) in [6, 6.07) is 0. The number of aliphatic hydroxyl groups excluding tert-OH is 1. The van der Waals surface area contributed by atoms with Crippen LogP contribution in [0, 0.1) is 83.1 Å². The highest BCUT2D eigenvalue weighted by molar-refractivity contribution is 6.49. The van der Waals surface area contributed by atoms with Gasteiger partial charge in [0, 0.05) is 43.9 Å². The number of carbonyl (C=O) groups is 5. The number of benzene rings is 3. The number of Topliss-reactive ketones (excluding diaryl/α,β-unsaturated/α-hetero) is 1. The van der Waals surface area contributed by atoms with E-state index in [1.165, 1.54) is 55.6 Å². The van der Waals surface area contributed by atoms with E-state index >= 15 is 0 Å². The minimum Gasteiger partial charge on any atom is -0.397 e. The molecular weight excluding hydrogens is 773 g/mol. The van der Waals surface area contributed by atoms with Crippen LogP contribution in [0.4, 0.5) is 0 Å². The molecule has 0 atom stereocenters. The maximum absolute atomic E-state index is 12.0. The highest BCUT2D eigenvalue weighted by atomic mass is 16.2. The molecule has 4 amide bonds. The lowest BCUT2D eigenvalue weighted by atomic mass is 9.85. The molecule has 0 saturated heterocycles. The van der Waals surface area contributed by atoms with Gasteiger partial charge in [0.05, 0.1) is 12.0 Å². The molecular formula is C47H72N8O6. The Morgan fingerprint density at radius 2 is 0.934 bits per heavy atom. The van der Waals surface area contributed by atoms with Crippen LogP contribution >= 0.6 is 0 Å². The van der Waals surface area contributed by atoms with Crippen molar-refractivity contribution in [3.05, 3.63) is 100 Å². The van der Waals surface area contributed by atoms with Gasteiger partial charge in [-0.1, -0.05) is 13.8 Å². The zero-order valence-electron chi connectivity index (χ0n) is 39.5. The van der Waals surface area contributed by atoms with Crippen LogP contribution in [0.5, 0.6) is 0 Å². The van der Waals surface area contributed by atoms with Crippen LogP contribution in [-0.2, 0) is 33.9 Å². The van der Waals surface area contributed by atoms with Gasteiger partial charge < -0.3 is 26.9 Å². The van der Waals surface area contributed by atoms with Crippen LogP contribution in [0.15, 0.2) is 5.10 Å². The molecule has 0 aromatic heterocycles. The van der Waals surface area contributed by atoms with Gasteiger partial charge in [0.2, 0.25) is 5.91 Å². The largest absolute Gasteiger partial charge is 0.397 e. The summed E-state index contributed by atoms with van der Waals surface area (Å²) < 4.78 is 0. The number of amides is 4. The summed E-state index contributed by atoms with van der Waals surface area (Å²) in [5, 5.41) is 19.7. The topological polar surface area (TPSA) is 230 Å². The average molecular weight is 845 g/mol. The molecule has 3 aromatic rings. The number of hydrazone groups is 1. The second-order valence-corrected chi connectivity index (χ2v) is 15.1. The number of nitrogens with zero attached hydrogens (tertiary/aromatic N) is 1. The molecule has 0 aliphatic carbocycles. The molecule has 14 nitrogen and oxygen atoms in total. The maximum Gasteiger partial charge on any atom is 0.299 e. The van der Waals surface area contributed by atoms with E-state index in [-0.39, 0.29) is 24.0 Å². The minimum atomic E-state index is -0.840. The van der Waals surface area contributed by atoms with Crippen molar-refractivity contribution in [3.63, 3.8) is 0 Å². The fourth-order valence-electron chi connectivity index (χ4n) is 7.13. The van der Waals surface area contributed by atoms with Crippen LogP contribution in [0.25, 0.3) is 0 Å². The van der Waals surface area contributed by atoms with Crippen LogP contribution in [0.2, 0.25) is 0 Å².